The standard InChI is InChI=1S/C17H11ClF3N3O2/c1-26-14-5-2-10(6-11(14)18)24-17(25)9(7-22)8-23-13-4-3-12(19)15(20)16(13)21/h2-6,8,23H,1H3,(H,24,25)/b9-8-. The minimum atomic E-state index is -1.67. The van der Waals surface area contributed by atoms with Gasteiger partial charge < -0.3 is 15.4 Å². The predicted molar refractivity (Wildman–Crippen MR) is 90.3 cm³/mol. The molecule has 0 unspecified atom stereocenters. The lowest BCUT2D eigenvalue weighted by molar-refractivity contribution is -0.112. The highest BCUT2D eigenvalue weighted by Crippen LogP contribution is 2.27. The molecular formula is C17H11ClF3N3O2. The maximum absolute atomic E-state index is 13.6. The first kappa shape index (κ1) is 19.1. The zero-order valence-corrected chi connectivity index (χ0v) is 14.0. The Morgan fingerprint density at radius 2 is 1.96 bits per heavy atom. The average molecular weight is 382 g/mol. The van der Waals surface area contributed by atoms with Crippen molar-refractivity contribution >= 4 is 28.9 Å². The van der Waals surface area contributed by atoms with Crippen LogP contribution in [-0.4, -0.2) is 13.0 Å². The van der Waals surface area contributed by atoms with Crippen LogP contribution < -0.4 is 15.4 Å². The molecule has 0 aromatic heterocycles. The van der Waals surface area contributed by atoms with Crippen LogP contribution in [0.5, 0.6) is 5.75 Å². The van der Waals surface area contributed by atoms with E-state index in [-0.39, 0.29) is 5.02 Å². The number of methoxy groups -OCH3 is 1. The number of nitriles is 1. The van der Waals surface area contributed by atoms with Gasteiger partial charge in [-0.15, -0.1) is 0 Å². The average Bonchev–Trinajstić information content (AvgIpc) is 2.62. The normalized spacial score (nSPS) is 10.8. The zero-order valence-electron chi connectivity index (χ0n) is 13.2. The van der Waals surface area contributed by atoms with Crippen LogP contribution in [0.25, 0.3) is 0 Å². The third-order valence-electron chi connectivity index (χ3n) is 3.18. The van der Waals surface area contributed by atoms with E-state index < -0.39 is 34.6 Å². The van der Waals surface area contributed by atoms with Crippen LogP contribution in [0.2, 0.25) is 5.02 Å². The molecule has 0 saturated heterocycles. The van der Waals surface area contributed by atoms with Crippen LogP contribution in [0.4, 0.5) is 24.5 Å². The van der Waals surface area contributed by atoms with Crippen LogP contribution >= 0.6 is 11.6 Å². The van der Waals surface area contributed by atoms with Crippen molar-refractivity contribution in [3.8, 4) is 11.8 Å². The van der Waals surface area contributed by atoms with E-state index in [4.69, 9.17) is 21.6 Å². The Labute approximate surface area is 151 Å². The van der Waals surface area contributed by atoms with Crippen LogP contribution in [0.3, 0.4) is 0 Å². The highest BCUT2D eigenvalue weighted by atomic mass is 35.5. The molecule has 0 saturated carbocycles. The Hall–Kier alpha value is -3.18. The summed E-state index contributed by atoms with van der Waals surface area (Å²) in [6, 6.07) is 7.68. The Bertz CT molecular complexity index is 926. The maximum atomic E-state index is 13.6. The second kappa shape index (κ2) is 8.27. The summed E-state index contributed by atoms with van der Waals surface area (Å²) in [7, 11) is 1.43. The van der Waals surface area contributed by atoms with E-state index >= 15 is 0 Å². The van der Waals surface area contributed by atoms with E-state index in [9.17, 15) is 18.0 Å². The second-order valence-electron chi connectivity index (χ2n) is 4.84. The van der Waals surface area contributed by atoms with Crippen molar-refractivity contribution in [2.45, 2.75) is 0 Å². The van der Waals surface area contributed by atoms with Gasteiger partial charge in [-0.3, -0.25) is 4.79 Å². The molecule has 0 aliphatic carbocycles. The first-order valence-electron chi connectivity index (χ1n) is 7.02. The molecule has 5 nitrogen and oxygen atoms in total. The van der Waals surface area contributed by atoms with Crippen LogP contribution in [0, 0.1) is 28.8 Å². The molecule has 134 valence electrons. The van der Waals surface area contributed by atoms with E-state index in [0.29, 0.717) is 17.5 Å². The number of amides is 1. The monoisotopic (exact) mass is 381 g/mol. The van der Waals surface area contributed by atoms with Gasteiger partial charge in [0.2, 0.25) is 0 Å². The number of benzene rings is 2. The Morgan fingerprint density at radius 3 is 2.58 bits per heavy atom. The van der Waals surface area contributed by atoms with E-state index in [1.807, 2.05) is 0 Å². The summed E-state index contributed by atoms with van der Waals surface area (Å²) in [5, 5.41) is 14.0. The van der Waals surface area contributed by atoms with Crippen LogP contribution in [0.15, 0.2) is 42.1 Å². The number of ether oxygens (including phenoxy) is 1. The highest BCUT2D eigenvalue weighted by molar-refractivity contribution is 6.32. The maximum Gasteiger partial charge on any atom is 0.267 e. The van der Waals surface area contributed by atoms with Crippen molar-refractivity contribution in [2.24, 2.45) is 0 Å². The van der Waals surface area contributed by atoms with Gasteiger partial charge >= 0.3 is 0 Å². The molecule has 0 heterocycles. The topological polar surface area (TPSA) is 74.1 Å². The summed E-state index contributed by atoms with van der Waals surface area (Å²) in [5.41, 5.74) is -0.570. The van der Waals surface area contributed by atoms with Crippen molar-refractivity contribution in [3.05, 3.63) is 64.6 Å². The van der Waals surface area contributed by atoms with Crippen molar-refractivity contribution < 1.29 is 22.7 Å². The molecule has 2 rings (SSSR count). The summed E-state index contributed by atoms with van der Waals surface area (Å²) < 4.78 is 44.6. The number of carbonyl (C=O) groups is 1. The van der Waals surface area contributed by atoms with Gasteiger partial charge in [0.15, 0.2) is 17.5 Å². The SMILES string of the molecule is COc1ccc(NC(=O)/C(C#N)=C\Nc2ccc(F)c(F)c2F)cc1Cl. The number of nitrogens with one attached hydrogen (secondary N) is 2. The molecule has 0 aliphatic rings. The molecule has 26 heavy (non-hydrogen) atoms. The zero-order chi connectivity index (χ0) is 19.3. The summed E-state index contributed by atoms with van der Waals surface area (Å²) in [5.74, 6) is -4.91. The number of halogens is 4. The lowest BCUT2D eigenvalue weighted by Crippen LogP contribution is -2.14. The number of rotatable bonds is 5. The third kappa shape index (κ3) is 4.26. The van der Waals surface area contributed by atoms with Gasteiger partial charge in [0.25, 0.3) is 5.91 Å². The van der Waals surface area contributed by atoms with Gasteiger partial charge in [0.1, 0.15) is 17.4 Å². The molecule has 0 bridgehead atoms. The minimum absolute atomic E-state index is 0.245. The molecule has 2 N–H and O–H groups in total. The molecule has 0 aliphatic heterocycles. The molecule has 9 heteroatoms. The lowest BCUT2D eigenvalue weighted by Gasteiger charge is -2.08. The van der Waals surface area contributed by atoms with Crippen molar-refractivity contribution in [1.82, 2.24) is 0 Å². The smallest absolute Gasteiger partial charge is 0.267 e. The van der Waals surface area contributed by atoms with Crippen molar-refractivity contribution in [3.63, 3.8) is 0 Å². The summed E-state index contributed by atoms with van der Waals surface area (Å²) in [4.78, 5) is 12.1. The molecule has 1 amide bonds. The molecule has 0 fully saturated rings. The number of anilines is 2. The van der Waals surface area contributed by atoms with Gasteiger partial charge in [0.05, 0.1) is 17.8 Å². The fourth-order valence-electron chi connectivity index (χ4n) is 1.88. The van der Waals surface area contributed by atoms with E-state index in [2.05, 4.69) is 10.6 Å². The quantitative estimate of drug-likeness (QED) is 0.462. The second-order valence-corrected chi connectivity index (χ2v) is 5.25. The van der Waals surface area contributed by atoms with Gasteiger partial charge in [0, 0.05) is 11.9 Å². The fraction of sp³-hybridized carbons (Fsp3) is 0.0588. The third-order valence-corrected chi connectivity index (χ3v) is 3.48. The first-order chi connectivity index (χ1) is 12.4. The minimum Gasteiger partial charge on any atom is -0.495 e. The summed E-state index contributed by atoms with van der Waals surface area (Å²) in [6.07, 6.45) is 0.871. The molecule has 0 spiro atoms. The number of nitrogens with zero attached hydrogens (tertiary/aromatic N) is 1. The Balaban J connectivity index is 2.16. The largest absolute Gasteiger partial charge is 0.495 e. The molecular weight excluding hydrogens is 371 g/mol. The Kier molecular flexibility index (Phi) is 6.09. The lowest BCUT2D eigenvalue weighted by atomic mass is 10.2. The summed E-state index contributed by atoms with van der Waals surface area (Å²) in [6.45, 7) is 0. The van der Waals surface area contributed by atoms with Gasteiger partial charge in [-0.05, 0) is 30.3 Å². The highest BCUT2D eigenvalue weighted by Gasteiger charge is 2.14. The van der Waals surface area contributed by atoms with Gasteiger partial charge in [-0.25, -0.2) is 13.2 Å². The number of hydrogen-bond acceptors (Lipinski definition) is 4. The van der Waals surface area contributed by atoms with Gasteiger partial charge in [-0.1, -0.05) is 11.6 Å². The van der Waals surface area contributed by atoms with Gasteiger partial charge in [-0.2, -0.15) is 5.26 Å². The van der Waals surface area contributed by atoms with E-state index in [0.717, 1.165) is 12.3 Å². The number of hydrogen-bond donors (Lipinski definition) is 2. The van der Waals surface area contributed by atoms with Crippen molar-refractivity contribution in [1.29, 1.82) is 5.26 Å². The first-order valence-corrected chi connectivity index (χ1v) is 7.40. The van der Waals surface area contributed by atoms with Crippen LogP contribution in [0.1, 0.15) is 0 Å². The fourth-order valence-corrected chi connectivity index (χ4v) is 2.14. The molecule has 2 aromatic rings. The molecule has 0 radical (unpaired) electrons. The van der Waals surface area contributed by atoms with Crippen molar-refractivity contribution in [2.75, 3.05) is 17.7 Å². The summed E-state index contributed by atoms with van der Waals surface area (Å²) >= 11 is 5.94. The predicted octanol–water partition coefficient (Wildman–Crippen LogP) is 4.22. The molecule has 0 atom stereocenters. The Morgan fingerprint density at radius 1 is 1.23 bits per heavy atom. The molecule has 2 aromatic carbocycles. The van der Waals surface area contributed by atoms with Crippen LogP contribution in [-0.2, 0) is 4.79 Å². The number of carbonyl (C=O) groups excluding carboxylic acids is 1. The van der Waals surface area contributed by atoms with E-state index in [1.54, 1.807) is 6.07 Å². The van der Waals surface area contributed by atoms with E-state index in [1.165, 1.54) is 25.3 Å².